The first-order valence-corrected chi connectivity index (χ1v) is 4.94. The van der Waals surface area contributed by atoms with Crippen molar-refractivity contribution in [2.45, 2.75) is 13.3 Å². The Morgan fingerprint density at radius 3 is 2.87 bits per heavy atom. The Morgan fingerprint density at radius 1 is 1.40 bits per heavy atom. The summed E-state index contributed by atoms with van der Waals surface area (Å²) in [4.78, 5) is 14.6. The van der Waals surface area contributed by atoms with Crippen molar-refractivity contribution in [2.75, 3.05) is 7.11 Å². The van der Waals surface area contributed by atoms with E-state index in [9.17, 15) is 4.79 Å². The van der Waals surface area contributed by atoms with E-state index in [0.29, 0.717) is 0 Å². The van der Waals surface area contributed by atoms with Crippen molar-refractivity contribution in [1.29, 1.82) is 0 Å². The minimum Gasteiger partial charge on any atom is -0.496 e. The normalized spacial score (nSPS) is 10.5. The molecule has 78 valence electrons. The lowest BCUT2D eigenvalue weighted by molar-refractivity contribution is 0.410. The van der Waals surface area contributed by atoms with Crippen LogP contribution in [0.3, 0.4) is 0 Å². The third-order valence-corrected chi connectivity index (χ3v) is 2.54. The maximum Gasteiger partial charge on any atom is 0.189 e. The molecule has 1 aromatic heterocycles. The van der Waals surface area contributed by atoms with Crippen LogP contribution >= 0.6 is 0 Å². The van der Waals surface area contributed by atoms with Crippen molar-refractivity contribution in [3.05, 3.63) is 40.2 Å². The molecule has 0 aliphatic heterocycles. The van der Waals surface area contributed by atoms with Crippen LogP contribution in [0.4, 0.5) is 0 Å². The Morgan fingerprint density at radius 2 is 2.20 bits per heavy atom. The Hall–Kier alpha value is -1.77. The molecule has 0 saturated carbocycles. The van der Waals surface area contributed by atoms with Gasteiger partial charge in [0, 0.05) is 23.7 Å². The van der Waals surface area contributed by atoms with Crippen LogP contribution < -0.4 is 10.2 Å². The summed E-state index contributed by atoms with van der Waals surface area (Å²) in [6, 6.07) is 5.30. The third-order valence-electron chi connectivity index (χ3n) is 2.54. The largest absolute Gasteiger partial charge is 0.496 e. The van der Waals surface area contributed by atoms with Crippen LogP contribution in [0.1, 0.15) is 12.5 Å². The second kappa shape index (κ2) is 3.77. The number of aromatic nitrogens is 1. The van der Waals surface area contributed by atoms with Crippen molar-refractivity contribution < 1.29 is 4.74 Å². The molecule has 0 atom stereocenters. The molecule has 15 heavy (non-hydrogen) atoms. The number of nitrogens with one attached hydrogen (secondary N) is 1. The smallest absolute Gasteiger partial charge is 0.189 e. The van der Waals surface area contributed by atoms with Crippen LogP contribution in [-0.4, -0.2) is 12.1 Å². The quantitative estimate of drug-likeness (QED) is 0.812. The van der Waals surface area contributed by atoms with Gasteiger partial charge in [-0.3, -0.25) is 4.79 Å². The van der Waals surface area contributed by atoms with E-state index in [1.54, 1.807) is 13.3 Å². The van der Waals surface area contributed by atoms with Gasteiger partial charge >= 0.3 is 0 Å². The first kappa shape index (κ1) is 9.77. The number of aromatic amines is 1. The van der Waals surface area contributed by atoms with Crippen molar-refractivity contribution in [3.63, 3.8) is 0 Å². The number of H-pyrrole nitrogens is 1. The summed E-state index contributed by atoms with van der Waals surface area (Å²) < 4.78 is 5.26. The molecule has 2 rings (SSSR count). The minimum atomic E-state index is 0.0427. The highest BCUT2D eigenvalue weighted by atomic mass is 16.5. The molecule has 3 heteroatoms. The lowest BCUT2D eigenvalue weighted by Crippen LogP contribution is -2.02. The van der Waals surface area contributed by atoms with Gasteiger partial charge < -0.3 is 9.72 Å². The Balaban J connectivity index is 2.81. The molecule has 0 aliphatic rings. The van der Waals surface area contributed by atoms with E-state index in [-0.39, 0.29) is 5.43 Å². The Labute approximate surface area is 87.7 Å². The Kier molecular flexibility index (Phi) is 2.46. The summed E-state index contributed by atoms with van der Waals surface area (Å²) in [5, 5.41) is 0.718. The molecular weight excluding hydrogens is 190 g/mol. The van der Waals surface area contributed by atoms with E-state index in [2.05, 4.69) is 4.98 Å². The number of benzene rings is 1. The average Bonchev–Trinajstić information content (AvgIpc) is 2.28. The fourth-order valence-corrected chi connectivity index (χ4v) is 1.71. The van der Waals surface area contributed by atoms with Gasteiger partial charge in [0.25, 0.3) is 0 Å². The zero-order valence-electron chi connectivity index (χ0n) is 8.83. The van der Waals surface area contributed by atoms with Gasteiger partial charge in [0.15, 0.2) is 5.43 Å². The number of pyridine rings is 1. The van der Waals surface area contributed by atoms with Gasteiger partial charge in [-0.1, -0.05) is 6.92 Å². The van der Waals surface area contributed by atoms with E-state index in [1.807, 2.05) is 19.1 Å². The Bertz CT molecular complexity index is 543. The second-order valence-corrected chi connectivity index (χ2v) is 3.41. The zero-order chi connectivity index (χ0) is 10.8. The summed E-state index contributed by atoms with van der Waals surface area (Å²) in [7, 11) is 1.64. The molecule has 0 amide bonds. The molecule has 1 heterocycles. The number of ether oxygens (including phenoxy) is 1. The maximum absolute atomic E-state index is 11.6. The van der Waals surface area contributed by atoms with Crippen molar-refractivity contribution in [1.82, 2.24) is 4.98 Å². The van der Waals surface area contributed by atoms with Crippen LogP contribution in [0, 0.1) is 0 Å². The van der Waals surface area contributed by atoms with E-state index in [4.69, 9.17) is 4.74 Å². The molecule has 2 aromatic rings. The minimum absolute atomic E-state index is 0.0427. The monoisotopic (exact) mass is 203 g/mol. The molecule has 1 N–H and O–H groups in total. The number of aryl methyl sites for hydroxylation is 1. The van der Waals surface area contributed by atoms with Crippen molar-refractivity contribution >= 4 is 10.9 Å². The average molecular weight is 203 g/mol. The summed E-state index contributed by atoms with van der Waals surface area (Å²) in [5.41, 5.74) is 1.92. The van der Waals surface area contributed by atoms with Crippen LogP contribution in [0.5, 0.6) is 5.75 Å². The predicted octanol–water partition coefficient (Wildman–Crippen LogP) is 2.10. The van der Waals surface area contributed by atoms with E-state index in [0.717, 1.165) is 28.6 Å². The number of methoxy groups -OCH3 is 1. The molecule has 0 bridgehead atoms. The highest BCUT2D eigenvalue weighted by Crippen LogP contribution is 2.23. The standard InChI is InChI=1S/C12H13NO2/c1-3-8-6-9-10(7-12(8)15-2)13-5-4-11(9)14/h4-7H,3H2,1-2H3,(H,13,14). The summed E-state index contributed by atoms with van der Waals surface area (Å²) in [6.45, 7) is 2.04. The lowest BCUT2D eigenvalue weighted by atomic mass is 10.1. The number of fused-ring (bicyclic) bond motifs is 1. The third kappa shape index (κ3) is 1.61. The van der Waals surface area contributed by atoms with Crippen molar-refractivity contribution in [2.24, 2.45) is 0 Å². The molecule has 0 fully saturated rings. The van der Waals surface area contributed by atoms with Crippen LogP contribution in [0.25, 0.3) is 10.9 Å². The first-order valence-electron chi connectivity index (χ1n) is 4.94. The molecule has 0 saturated heterocycles. The van der Waals surface area contributed by atoms with E-state index < -0.39 is 0 Å². The fraction of sp³-hybridized carbons (Fsp3) is 0.250. The van der Waals surface area contributed by atoms with Gasteiger partial charge in [0.2, 0.25) is 0 Å². The van der Waals surface area contributed by atoms with Gasteiger partial charge in [-0.15, -0.1) is 0 Å². The molecule has 1 aromatic carbocycles. The van der Waals surface area contributed by atoms with Crippen molar-refractivity contribution in [3.8, 4) is 5.75 Å². The van der Waals surface area contributed by atoms with E-state index >= 15 is 0 Å². The van der Waals surface area contributed by atoms with Gasteiger partial charge in [0.1, 0.15) is 5.75 Å². The molecule has 0 unspecified atom stereocenters. The van der Waals surface area contributed by atoms with Gasteiger partial charge in [0.05, 0.1) is 12.6 Å². The highest BCUT2D eigenvalue weighted by Gasteiger charge is 2.05. The second-order valence-electron chi connectivity index (χ2n) is 3.41. The van der Waals surface area contributed by atoms with Crippen LogP contribution in [0.15, 0.2) is 29.2 Å². The highest BCUT2D eigenvalue weighted by molar-refractivity contribution is 5.81. The maximum atomic E-state index is 11.6. The van der Waals surface area contributed by atoms with Gasteiger partial charge in [-0.05, 0) is 18.1 Å². The number of hydrogen-bond donors (Lipinski definition) is 1. The molecule has 0 spiro atoms. The van der Waals surface area contributed by atoms with E-state index in [1.165, 1.54) is 6.07 Å². The van der Waals surface area contributed by atoms with Gasteiger partial charge in [-0.25, -0.2) is 0 Å². The SMILES string of the molecule is CCc1cc2c(=O)cc[nH]c2cc1OC. The zero-order valence-corrected chi connectivity index (χ0v) is 8.83. The molecule has 0 aliphatic carbocycles. The summed E-state index contributed by atoms with van der Waals surface area (Å²) in [6.07, 6.45) is 2.50. The predicted molar refractivity (Wildman–Crippen MR) is 60.5 cm³/mol. The summed E-state index contributed by atoms with van der Waals surface area (Å²) >= 11 is 0. The lowest BCUT2D eigenvalue weighted by Gasteiger charge is -2.07. The first-order chi connectivity index (χ1) is 7.26. The van der Waals surface area contributed by atoms with Crippen LogP contribution in [-0.2, 0) is 6.42 Å². The topological polar surface area (TPSA) is 42.1 Å². The molecule has 0 radical (unpaired) electrons. The molecular formula is C12H13NO2. The van der Waals surface area contributed by atoms with Crippen LogP contribution in [0.2, 0.25) is 0 Å². The summed E-state index contributed by atoms with van der Waals surface area (Å²) in [5.74, 6) is 0.826. The molecule has 3 nitrogen and oxygen atoms in total. The number of hydrogen-bond acceptors (Lipinski definition) is 2. The number of rotatable bonds is 2. The fourth-order valence-electron chi connectivity index (χ4n) is 1.71. The van der Waals surface area contributed by atoms with Gasteiger partial charge in [-0.2, -0.15) is 0 Å².